The SMILES string of the molecule is COc1ccc2c3c1O[C@H]1C[C@@H](O)C=C[C@@]31CCN(C)C2C#N. The van der Waals surface area contributed by atoms with Crippen LogP contribution in [-0.4, -0.2) is 42.9 Å². The maximum Gasteiger partial charge on any atom is 0.166 e. The maximum atomic E-state index is 10.0. The van der Waals surface area contributed by atoms with Crippen molar-refractivity contribution in [1.82, 2.24) is 4.90 Å². The Morgan fingerprint density at radius 1 is 1.48 bits per heavy atom. The van der Waals surface area contributed by atoms with Gasteiger partial charge in [-0.25, -0.2) is 0 Å². The molecule has 1 unspecified atom stereocenters. The third kappa shape index (κ3) is 1.85. The summed E-state index contributed by atoms with van der Waals surface area (Å²) in [5.41, 5.74) is 1.78. The molecule has 1 N–H and O–H groups in total. The maximum absolute atomic E-state index is 10.0. The number of hydrogen-bond acceptors (Lipinski definition) is 5. The molecule has 0 saturated heterocycles. The van der Waals surface area contributed by atoms with Crippen molar-refractivity contribution in [1.29, 1.82) is 5.26 Å². The second-order valence-electron chi connectivity index (χ2n) is 6.63. The van der Waals surface area contributed by atoms with Crippen LogP contribution in [0.25, 0.3) is 0 Å². The van der Waals surface area contributed by atoms with E-state index in [4.69, 9.17) is 9.47 Å². The highest BCUT2D eigenvalue weighted by Crippen LogP contribution is 2.57. The smallest absolute Gasteiger partial charge is 0.166 e. The lowest BCUT2D eigenvalue weighted by atomic mass is 9.69. The summed E-state index contributed by atoms with van der Waals surface area (Å²) in [4.78, 5) is 2.09. The average Bonchev–Trinajstić information content (AvgIpc) is 2.82. The Morgan fingerprint density at radius 2 is 2.30 bits per heavy atom. The van der Waals surface area contributed by atoms with Crippen molar-refractivity contribution >= 4 is 0 Å². The summed E-state index contributed by atoms with van der Waals surface area (Å²) in [6.45, 7) is 0.801. The lowest BCUT2D eigenvalue weighted by Gasteiger charge is -2.35. The van der Waals surface area contributed by atoms with Crippen molar-refractivity contribution < 1.29 is 14.6 Å². The molecule has 1 aromatic carbocycles. The fourth-order valence-corrected chi connectivity index (χ4v) is 4.27. The topological polar surface area (TPSA) is 65.7 Å². The molecule has 4 atom stereocenters. The minimum absolute atomic E-state index is 0.113. The number of rotatable bonds is 1. The van der Waals surface area contributed by atoms with E-state index in [2.05, 4.69) is 17.0 Å². The number of aliphatic hydroxyl groups is 1. The van der Waals surface area contributed by atoms with Gasteiger partial charge in [0.15, 0.2) is 11.5 Å². The van der Waals surface area contributed by atoms with Crippen molar-refractivity contribution in [2.75, 3.05) is 20.7 Å². The quantitative estimate of drug-likeness (QED) is 0.803. The Morgan fingerprint density at radius 3 is 3.04 bits per heavy atom. The Balaban J connectivity index is 2.00. The molecule has 0 radical (unpaired) electrons. The van der Waals surface area contributed by atoms with Gasteiger partial charge in [-0.3, -0.25) is 4.90 Å². The molecule has 5 nitrogen and oxygen atoms in total. The number of methoxy groups -OCH3 is 1. The zero-order chi connectivity index (χ0) is 16.2. The molecule has 2 heterocycles. The average molecular weight is 312 g/mol. The Hall–Kier alpha value is -2.03. The number of hydrogen-bond donors (Lipinski definition) is 1. The van der Waals surface area contributed by atoms with Gasteiger partial charge in [-0.15, -0.1) is 0 Å². The molecule has 3 aliphatic rings. The van der Waals surface area contributed by atoms with Gasteiger partial charge in [0, 0.05) is 18.5 Å². The van der Waals surface area contributed by atoms with E-state index in [9.17, 15) is 10.4 Å². The third-order valence-electron chi connectivity index (χ3n) is 5.48. The highest BCUT2D eigenvalue weighted by molar-refractivity contribution is 5.62. The molecule has 0 amide bonds. The second kappa shape index (κ2) is 4.98. The van der Waals surface area contributed by atoms with E-state index >= 15 is 0 Å². The third-order valence-corrected chi connectivity index (χ3v) is 5.48. The zero-order valence-corrected chi connectivity index (χ0v) is 13.3. The van der Waals surface area contributed by atoms with E-state index in [-0.39, 0.29) is 17.6 Å². The molecular formula is C18H20N2O3. The fourth-order valence-electron chi connectivity index (χ4n) is 4.27. The van der Waals surface area contributed by atoms with E-state index in [0.717, 1.165) is 29.8 Å². The predicted octanol–water partition coefficient (Wildman–Crippen LogP) is 1.91. The first kappa shape index (κ1) is 14.6. The molecule has 23 heavy (non-hydrogen) atoms. The number of benzene rings is 1. The van der Waals surface area contributed by atoms with E-state index in [1.165, 1.54) is 0 Å². The van der Waals surface area contributed by atoms with Crippen LogP contribution in [0.5, 0.6) is 11.5 Å². The van der Waals surface area contributed by atoms with Gasteiger partial charge in [-0.2, -0.15) is 5.26 Å². The van der Waals surface area contributed by atoms with Gasteiger partial charge in [0.25, 0.3) is 0 Å². The van der Waals surface area contributed by atoms with Crippen LogP contribution in [0.15, 0.2) is 24.3 Å². The summed E-state index contributed by atoms with van der Waals surface area (Å²) in [6.07, 6.45) is 4.79. The molecule has 2 aliphatic heterocycles. The molecule has 0 saturated carbocycles. The summed E-state index contributed by atoms with van der Waals surface area (Å²) in [5, 5.41) is 19.7. The molecular weight excluding hydrogens is 292 g/mol. The second-order valence-corrected chi connectivity index (χ2v) is 6.63. The van der Waals surface area contributed by atoms with E-state index in [0.29, 0.717) is 12.2 Å². The van der Waals surface area contributed by atoms with Crippen molar-refractivity contribution in [3.8, 4) is 17.6 Å². The molecule has 5 heteroatoms. The van der Waals surface area contributed by atoms with E-state index < -0.39 is 6.10 Å². The van der Waals surface area contributed by atoms with Crippen LogP contribution in [0, 0.1) is 11.3 Å². The van der Waals surface area contributed by atoms with Crippen LogP contribution < -0.4 is 9.47 Å². The first-order chi connectivity index (χ1) is 11.1. The minimum Gasteiger partial charge on any atom is -0.493 e. The van der Waals surface area contributed by atoms with Gasteiger partial charge in [0.2, 0.25) is 0 Å². The van der Waals surface area contributed by atoms with Gasteiger partial charge in [-0.05, 0) is 25.1 Å². The van der Waals surface area contributed by atoms with Crippen LogP contribution in [-0.2, 0) is 5.41 Å². The first-order valence-electron chi connectivity index (χ1n) is 7.96. The standard InChI is InChI=1S/C18H20N2O3/c1-20-8-7-18-6-5-11(21)9-15(18)23-17-14(22-2)4-3-12(16(17)18)13(20)10-19/h3-6,11,13,15,21H,7-9H2,1-2H3/t11-,13?,15-,18-/m0/s1. The van der Waals surface area contributed by atoms with Gasteiger partial charge in [0.05, 0.1) is 24.7 Å². The largest absolute Gasteiger partial charge is 0.493 e. The van der Waals surface area contributed by atoms with Crippen LogP contribution in [0.4, 0.5) is 0 Å². The monoisotopic (exact) mass is 312 g/mol. The van der Waals surface area contributed by atoms with Gasteiger partial charge >= 0.3 is 0 Å². The highest BCUT2D eigenvalue weighted by Gasteiger charge is 2.53. The Bertz CT molecular complexity index is 724. The van der Waals surface area contributed by atoms with Crippen molar-refractivity contribution in [3.63, 3.8) is 0 Å². The summed E-state index contributed by atoms with van der Waals surface area (Å²) in [5.74, 6) is 1.44. The first-order valence-corrected chi connectivity index (χ1v) is 7.96. The minimum atomic E-state index is -0.484. The number of aliphatic hydroxyl groups excluding tert-OH is 1. The molecule has 1 aromatic rings. The van der Waals surface area contributed by atoms with Crippen LogP contribution in [0.1, 0.15) is 30.0 Å². The van der Waals surface area contributed by atoms with Crippen LogP contribution >= 0.6 is 0 Å². The molecule has 0 bridgehead atoms. The Labute approximate surface area is 135 Å². The molecule has 1 aliphatic carbocycles. The molecule has 4 rings (SSSR count). The molecule has 1 spiro atoms. The van der Waals surface area contributed by atoms with E-state index in [1.807, 2.05) is 25.3 Å². The molecule has 0 fully saturated rings. The van der Waals surface area contributed by atoms with Crippen LogP contribution in [0.3, 0.4) is 0 Å². The summed E-state index contributed by atoms with van der Waals surface area (Å²) in [6, 6.07) is 5.99. The lowest BCUT2D eigenvalue weighted by Crippen LogP contribution is -2.42. The lowest BCUT2D eigenvalue weighted by molar-refractivity contribution is 0.0817. The van der Waals surface area contributed by atoms with Crippen molar-refractivity contribution in [3.05, 3.63) is 35.4 Å². The summed E-state index contributed by atoms with van der Waals surface area (Å²) in [7, 11) is 3.62. The number of ether oxygens (including phenoxy) is 2. The Kier molecular flexibility index (Phi) is 3.15. The zero-order valence-electron chi connectivity index (χ0n) is 13.3. The molecule has 120 valence electrons. The van der Waals surface area contributed by atoms with Gasteiger partial charge in [0.1, 0.15) is 12.1 Å². The highest BCUT2D eigenvalue weighted by atomic mass is 16.5. The van der Waals surface area contributed by atoms with Crippen molar-refractivity contribution in [2.45, 2.75) is 36.5 Å². The van der Waals surface area contributed by atoms with Crippen molar-refractivity contribution in [2.24, 2.45) is 0 Å². The molecule has 0 aromatic heterocycles. The van der Waals surface area contributed by atoms with E-state index in [1.54, 1.807) is 7.11 Å². The number of nitriles is 1. The predicted molar refractivity (Wildman–Crippen MR) is 84.5 cm³/mol. The summed E-state index contributed by atoms with van der Waals surface area (Å²) < 4.78 is 11.7. The van der Waals surface area contributed by atoms with Gasteiger partial charge in [-0.1, -0.05) is 18.2 Å². The normalized spacial score (nSPS) is 34.8. The fraction of sp³-hybridized carbons (Fsp3) is 0.500. The van der Waals surface area contributed by atoms with Crippen LogP contribution in [0.2, 0.25) is 0 Å². The number of nitrogens with zero attached hydrogens (tertiary/aromatic N) is 2. The summed E-state index contributed by atoms with van der Waals surface area (Å²) >= 11 is 0. The van der Waals surface area contributed by atoms with Gasteiger partial charge < -0.3 is 14.6 Å².